The van der Waals surface area contributed by atoms with Gasteiger partial charge in [-0.05, 0) is 39.5 Å². The molecule has 31 heavy (non-hydrogen) atoms. The monoisotopic (exact) mass is 438 g/mol. The number of Topliss-reactive ketones (excluding diaryl/α,β-unsaturated/α-hetero) is 2. The molecule has 0 rings (SSSR count). The van der Waals surface area contributed by atoms with Crippen molar-refractivity contribution in [3.63, 3.8) is 0 Å². The molecule has 0 aromatic rings. The van der Waals surface area contributed by atoms with E-state index in [1.54, 1.807) is 0 Å². The first-order valence-electron chi connectivity index (χ1n) is 11.1. The maximum absolute atomic E-state index is 11.4. The molecule has 0 heterocycles. The lowest BCUT2D eigenvalue weighted by Gasteiger charge is -2.20. The average molecular weight is 439 g/mol. The summed E-state index contributed by atoms with van der Waals surface area (Å²) >= 11 is 0. The number of carbonyl (C=O) groups is 4. The van der Waals surface area contributed by atoms with Gasteiger partial charge in [0.1, 0.15) is 24.4 Å². The van der Waals surface area contributed by atoms with Crippen LogP contribution in [-0.2, 0) is 33.4 Å². The lowest BCUT2D eigenvalue weighted by molar-refractivity contribution is -0.147. The summed E-state index contributed by atoms with van der Waals surface area (Å²) in [5.41, 5.74) is 0. The van der Waals surface area contributed by atoms with Gasteiger partial charge in [-0.25, -0.2) is 0 Å². The molecule has 2 atom stereocenters. The zero-order chi connectivity index (χ0) is 23.5. The van der Waals surface area contributed by atoms with E-state index in [9.17, 15) is 19.2 Å². The van der Waals surface area contributed by atoms with Crippen molar-refractivity contribution in [2.75, 3.05) is 13.2 Å². The van der Waals surface area contributed by atoms with Gasteiger partial charge >= 0.3 is 11.9 Å². The molecule has 7 heteroatoms. The van der Waals surface area contributed by atoms with Gasteiger partial charge in [0.25, 0.3) is 0 Å². The number of rotatable bonds is 18. The molecule has 0 aliphatic carbocycles. The summed E-state index contributed by atoms with van der Waals surface area (Å²) in [5, 5.41) is 0. The van der Waals surface area contributed by atoms with Crippen molar-refractivity contribution in [3.05, 3.63) is 24.3 Å². The minimum atomic E-state index is -0.498. The Bertz CT molecular complexity index is 555. The largest absolute Gasteiger partial charge is 0.465 e. The molecule has 0 aliphatic rings. The summed E-state index contributed by atoms with van der Waals surface area (Å²) in [4.78, 5) is 44.5. The van der Waals surface area contributed by atoms with Crippen molar-refractivity contribution in [1.82, 2.24) is 0 Å². The molecule has 0 radical (unpaired) electrons. The smallest absolute Gasteiger partial charge is 0.313 e. The van der Waals surface area contributed by atoms with Crippen molar-refractivity contribution in [3.8, 4) is 0 Å². The highest BCUT2D eigenvalue weighted by atomic mass is 16.5. The van der Waals surface area contributed by atoms with E-state index in [1.165, 1.54) is 13.8 Å². The topological polar surface area (TPSA) is 96.0 Å². The average Bonchev–Trinajstić information content (AvgIpc) is 2.66. The molecular weight excluding hydrogens is 400 g/mol. The Kier molecular flexibility index (Phi) is 17.1. The molecule has 0 aliphatic heterocycles. The van der Waals surface area contributed by atoms with E-state index in [2.05, 4.69) is 13.8 Å². The Morgan fingerprint density at radius 1 is 0.710 bits per heavy atom. The van der Waals surface area contributed by atoms with Gasteiger partial charge in [-0.3, -0.25) is 19.2 Å². The zero-order valence-corrected chi connectivity index (χ0v) is 19.4. The van der Waals surface area contributed by atoms with Crippen LogP contribution in [0.25, 0.3) is 0 Å². The highest BCUT2D eigenvalue weighted by Crippen LogP contribution is 2.13. The van der Waals surface area contributed by atoms with Crippen LogP contribution < -0.4 is 0 Å². The van der Waals surface area contributed by atoms with E-state index in [-0.39, 0.29) is 49.8 Å². The SMILES string of the molecule is CCCC(C=CCCOC(=O)CC(C)=O)OC(C=CCCOC(=O)CC(C)=O)CCC. The van der Waals surface area contributed by atoms with Crippen LogP contribution in [0.2, 0.25) is 0 Å². The van der Waals surface area contributed by atoms with Crippen LogP contribution in [0.3, 0.4) is 0 Å². The molecule has 0 saturated heterocycles. The molecule has 0 aromatic heterocycles. The van der Waals surface area contributed by atoms with Crippen LogP contribution in [0, 0.1) is 0 Å². The first-order chi connectivity index (χ1) is 14.8. The van der Waals surface area contributed by atoms with E-state index in [0.29, 0.717) is 12.8 Å². The maximum atomic E-state index is 11.4. The standard InChI is InChI=1S/C24H38O7/c1-5-11-21(13-7-9-15-29-23(27)17-19(3)25)31-22(12-6-2)14-8-10-16-30-24(28)18-20(4)26/h7-8,13-14,21-22H,5-6,9-12,15-18H2,1-4H3. The summed E-state index contributed by atoms with van der Waals surface area (Å²) in [6, 6.07) is 0. The van der Waals surface area contributed by atoms with Crippen LogP contribution in [-0.4, -0.2) is 48.9 Å². The first-order valence-corrected chi connectivity index (χ1v) is 11.1. The molecule has 7 nitrogen and oxygen atoms in total. The van der Waals surface area contributed by atoms with Crippen LogP contribution in [0.4, 0.5) is 0 Å². The van der Waals surface area contributed by atoms with Gasteiger partial charge in [-0.2, -0.15) is 0 Å². The van der Waals surface area contributed by atoms with Gasteiger partial charge in [0.2, 0.25) is 0 Å². The second kappa shape index (κ2) is 18.5. The predicted octanol–water partition coefficient (Wildman–Crippen LogP) is 4.28. The summed E-state index contributed by atoms with van der Waals surface area (Å²) in [7, 11) is 0. The summed E-state index contributed by atoms with van der Waals surface area (Å²) < 4.78 is 16.2. The van der Waals surface area contributed by atoms with Gasteiger partial charge in [0.15, 0.2) is 0 Å². The fraction of sp³-hybridized carbons (Fsp3) is 0.667. The van der Waals surface area contributed by atoms with E-state index in [4.69, 9.17) is 14.2 Å². The van der Waals surface area contributed by atoms with Crippen LogP contribution in [0.5, 0.6) is 0 Å². The number of hydrogen-bond donors (Lipinski definition) is 0. The second-order valence-corrected chi connectivity index (χ2v) is 7.42. The number of ether oxygens (including phenoxy) is 3. The molecule has 0 spiro atoms. The van der Waals surface area contributed by atoms with Crippen molar-refractivity contribution >= 4 is 23.5 Å². The second-order valence-electron chi connectivity index (χ2n) is 7.42. The molecule has 0 saturated carbocycles. The third kappa shape index (κ3) is 18.2. The lowest BCUT2D eigenvalue weighted by atomic mass is 10.1. The van der Waals surface area contributed by atoms with Crippen LogP contribution in [0.15, 0.2) is 24.3 Å². The van der Waals surface area contributed by atoms with Crippen molar-refractivity contribution in [2.45, 2.75) is 91.3 Å². The lowest BCUT2D eigenvalue weighted by Crippen LogP contribution is -2.19. The van der Waals surface area contributed by atoms with E-state index in [1.807, 2.05) is 24.3 Å². The summed E-state index contributed by atoms with van der Waals surface area (Å²) in [5.74, 6) is -1.41. The summed E-state index contributed by atoms with van der Waals surface area (Å²) in [6.45, 7) is 7.37. The highest BCUT2D eigenvalue weighted by Gasteiger charge is 2.11. The van der Waals surface area contributed by atoms with E-state index < -0.39 is 11.9 Å². The van der Waals surface area contributed by atoms with Crippen LogP contribution >= 0.6 is 0 Å². The Hall–Kier alpha value is -2.28. The van der Waals surface area contributed by atoms with Crippen molar-refractivity contribution in [1.29, 1.82) is 0 Å². The number of hydrogen-bond acceptors (Lipinski definition) is 7. The third-order valence-corrected chi connectivity index (χ3v) is 4.08. The molecule has 0 N–H and O–H groups in total. The Morgan fingerprint density at radius 3 is 1.42 bits per heavy atom. The number of carbonyl (C=O) groups excluding carboxylic acids is 4. The van der Waals surface area contributed by atoms with Crippen LogP contribution in [0.1, 0.15) is 79.1 Å². The normalized spacial score (nSPS) is 13.3. The van der Waals surface area contributed by atoms with E-state index >= 15 is 0 Å². The zero-order valence-electron chi connectivity index (χ0n) is 19.4. The van der Waals surface area contributed by atoms with Gasteiger partial charge < -0.3 is 14.2 Å². The maximum Gasteiger partial charge on any atom is 0.313 e. The first kappa shape index (κ1) is 28.7. The molecular formula is C24H38O7. The van der Waals surface area contributed by atoms with Gasteiger partial charge in [-0.1, -0.05) is 51.0 Å². The third-order valence-electron chi connectivity index (χ3n) is 4.08. The molecule has 176 valence electrons. The van der Waals surface area contributed by atoms with Gasteiger partial charge in [-0.15, -0.1) is 0 Å². The predicted molar refractivity (Wildman–Crippen MR) is 119 cm³/mol. The quantitative estimate of drug-likeness (QED) is 0.136. The minimum Gasteiger partial charge on any atom is -0.465 e. The van der Waals surface area contributed by atoms with Gasteiger partial charge in [0, 0.05) is 0 Å². The number of esters is 2. The minimum absolute atomic E-state index is 0.0486. The number of ketones is 2. The van der Waals surface area contributed by atoms with Gasteiger partial charge in [0.05, 0.1) is 25.4 Å². The van der Waals surface area contributed by atoms with E-state index in [0.717, 1.165) is 25.7 Å². The fourth-order valence-electron chi connectivity index (χ4n) is 2.70. The Balaban J connectivity index is 4.46. The molecule has 0 aromatic carbocycles. The molecule has 2 unspecified atom stereocenters. The molecule has 0 bridgehead atoms. The Labute approximate surface area is 186 Å². The summed E-state index contributed by atoms with van der Waals surface area (Å²) in [6.07, 6.45) is 12.2. The fourth-order valence-corrected chi connectivity index (χ4v) is 2.70. The highest BCUT2D eigenvalue weighted by molar-refractivity contribution is 5.94. The van der Waals surface area contributed by atoms with Crippen molar-refractivity contribution in [2.24, 2.45) is 0 Å². The molecule has 0 amide bonds. The molecule has 0 fully saturated rings. The van der Waals surface area contributed by atoms with Crippen molar-refractivity contribution < 1.29 is 33.4 Å². The Morgan fingerprint density at radius 2 is 1.10 bits per heavy atom.